The molecule has 1 aromatic carbocycles. The van der Waals surface area contributed by atoms with Crippen LogP contribution in [-0.4, -0.2) is 58.8 Å². The normalized spacial score (nSPS) is 30.7. The van der Waals surface area contributed by atoms with Gasteiger partial charge in [-0.25, -0.2) is 0 Å². The number of carbonyl (C=O) groups is 3. The second kappa shape index (κ2) is 8.63. The Morgan fingerprint density at radius 3 is 2.57 bits per heavy atom. The van der Waals surface area contributed by atoms with Crippen LogP contribution in [0.2, 0.25) is 0 Å². The third-order valence-corrected chi connectivity index (χ3v) is 9.08. The number of hydrogen-bond acceptors (Lipinski definition) is 6. The number of piperidine rings is 1. The van der Waals surface area contributed by atoms with Crippen LogP contribution in [0.5, 0.6) is 5.75 Å². The fraction of sp³-hybridized carbons (Fsp3) is 0.630. The standard InChI is InChI=1S/C27H32N4O4/c28-16-27(10-3-11-27)18-14-30(15-18)21-4-1-2-5-23(21)35-19-6-7-20-17(12-19)13-31(26(20)34)22-8-9-24(32)29-25(22)33/h6-7,12,18,21-23H,1-5,8-11,13-15H2,(H,29,32,33)/t21-,22?,23+/m0/s1. The van der Waals surface area contributed by atoms with E-state index in [-0.39, 0.29) is 29.8 Å². The maximum atomic E-state index is 13.0. The van der Waals surface area contributed by atoms with Crippen molar-refractivity contribution in [3.05, 3.63) is 29.3 Å². The zero-order valence-corrected chi connectivity index (χ0v) is 20.0. The van der Waals surface area contributed by atoms with E-state index in [4.69, 9.17) is 4.74 Å². The summed E-state index contributed by atoms with van der Waals surface area (Å²) in [5, 5.41) is 12.0. The van der Waals surface area contributed by atoms with Crippen LogP contribution >= 0.6 is 0 Å². The van der Waals surface area contributed by atoms with Crippen molar-refractivity contribution >= 4 is 17.7 Å². The van der Waals surface area contributed by atoms with Crippen molar-refractivity contribution in [1.82, 2.24) is 15.1 Å². The molecule has 0 spiro atoms. The Kier molecular flexibility index (Phi) is 5.56. The topological polar surface area (TPSA) is 103 Å². The second-order valence-corrected chi connectivity index (χ2v) is 11.0. The molecular formula is C27H32N4O4. The maximum Gasteiger partial charge on any atom is 0.255 e. The first-order valence-electron chi connectivity index (χ1n) is 13.1. The molecule has 1 N–H and O–H groups in total. The van der Waals surface area contributed by atoms with Crippen LogP contribution in [0, 0.1) is 22.7 Å². The van der Waals surface area contributed by atoms with Crippen molar-refractivity contribution in [2.24, 2.45) is 11.3 Å². The number of likely N-dealkylation sites (tertiary alicyclic amines) is 1. The molecule has 3 atom stereocenters. The van der Waals surface area contributed by atoms with Crippen molar-refractivity contribution in [2.45, 2.75) is 82.5 Å². The first-order chi connectivity index (χ1) is 17.0. The van der Waals surface area contributed by atoms with Gasteiger partial charge in [-0.15, -0.1) is 0 Å². The summed E-state index contributed by atoms with van der Waals surface area (Å²) in [4.78, 5) is 40.9. The smallest absolute Gasteiger partial charge is 0.255 e. The third-order valence-electron chi connectivity index (χ3n) is 9.08. The van der Waals surface area contributed by atoms with Crippen LogP contribution in [0.25, 0.3) is 0 Å². The molecule has 35 heavy (non-hydrogen) atoms. The van der Waals surface area contributed by atoms with E-state index < -0.39 is 11.9 Å². The van der Waals surface area contributed by atoms with Crippen LogP contribution in [0.1, 0.15) is 73.7 Å². The highest BCUT2D eigenvalue weighted by molar-refractivity contribution is 6.05. The predicted molar refractivity (Wildman–Crippen MR) is 126 cm³/mol. The summed E-state index contributed by atoms with van der Waals surface area (Å²) in [7, 11) is 0. The Morgan fingerprint density at radius 2 is 1.86 bits per heavy atom. The SMILES string of the molecule is N#CC1(C2CN([C@H]3CCCC[C@H]3Oc3ccc4c(c3)CN(C3CCC(=O)NC3=O)C4=O)C2)CCC1. The van der Waals surface area contributed by atoms with Crippen molar-refractivity contribution < 1.29 is 19.1 Å². The Balaban J connectivity index is 1.12. The minimum Gasteiger partial charge on any atom is -0.489 e. The van der Waals surface area contributed by atoms with Gasteiger partial charge in [0.1, 0.15) is 17.9 Å². The molecule has 1 unspecified atom stereocenters. The first-order valence-corrected chi connectivity index (χ1v) is 13.1. The van der Waals surface area contributed by atoms with Crippen LogP contribution in [0.15, 0.2) is 18.2 Å². The van der Waals surface area contributed by atoms with E-state index in [0.29, 0.717) is 30.5 Å². The lowest BCUT2D eigenvalue weighted by molar-refractivity contribution is -0.136. The summed E-state index contributed by atoms with van der Waals surface area (Å²) >= 11 is 0. The number of nitrogens with one attached hydrogen (secondary N) is 1. The van der Waals surface area contributed by atoms with E-state index in [0.717, 1.165) is 56.5 Å². The molecule has 8 nitrogen and oxygen atoms in total. The number of ether oxygens (including phenoxy) is 1. The van der Waals surface area contributed by atoms with E-state index in [1.807, 2.05) is 18.2 Å². The number of fused-ring (bicyclic) bond motifs is 1. The summed E-state index contributed by atoms with van der Waals surface area (Å²) in [6.07, 6.45) is 8.47. The van der Waals surface area contributed by atoms with Gasteiger partial charge in [0, 0.05) is 43.6 Å². The van der Waals surface area contributed by atoms with Gasteiger partial charge in [0.05, 0.1) is 11.5 Å². The molecule has 0 bridgehead atoms. The highest BCUT2D eigenvalue weighted by Gasteiger charge is 2.51. The first kappa shape index (κ1) is 22.5. The summed E-state index contributed by atoms with van der Waals surface area (Å²) in [6.45, 7) is 2.35. The number of rotatable bonds is 5. The van der Waals surface area contributed by atoms with Gasteiger partial charge in [0.2, 0.25) is 11.8 Å². The molecule has 2 aliphatic carbocycles. The quantitative estimate of drug-likeness (QED) is 0.656. The molecule has 5 aliphatic rings. The number of amides is 3. The molecule has 3 heterocycles. The number of hydrogen-bond donors (Lipinski definition) is 1. The van der Waals surface area contributed by atoms with E-state index in [2.05, 4.69) is 16.3 Å². The second-order valence-electron chi connectivity index (χ2n) is 11.0. The Morgan fingerprint density at radius 1 is 1.06 bits per heavy atom. The molecule has 1 aromatic rings. The number of carbonyl (C=O) groups excluding carboxylic acids is 3. The molecule has 4 fully saturated rings. The largest absolute Gasteiger partial charge is 0.489 e. The summed E-state index contributed by atoms with van der Waals surface area (Å²) in [5.41, 5.74) is 1.40. The van der Waals surface area contributed by atoms with Gasteiger partial charge >= 0.3 is 0 Å². The minimum atomic E-state index is -0.605. The Hall–Kier alpha value is -2.92. The number of nitriles is 1. The molecule has 2 saturated carbocycles. The van der Waals surface area contributed by atoms with Crippen molar-refractivity contribution in [3.63, 3.8) is 0 Å². The molecular weight excluding hydrogens is 444 g/mol. The van der Waals surface area contributed by atoms with E-state index in [1.165, 1.54) is 12.8 Å². The molecule has 184 valence electrons. The van der Waals surface area contributed by atoms with Gasteiger partial charge in [-0.05, 0) is 62.3 Å². The monoisotopic (exact) mass is 476 g/mol. The van der Waals surface area contributed by atoms with Crippen molar-refractivity contribution in [3.8, 4) is 11.8 Å². The van der Waals surface area contributed by atoms with Gasteiger partial charge in [0.15, 0.2) is 0 Å². The zero-order valence-electron chi connectivity index (χ0n) is 20.0. The molecule has 6 rings (SSSR count). The number of nitrogens with zero attached hydrogens (tertiary/aromatic N) is 3. The molecule has 8 heteroatoms. The summed E-state index contributed by atoms with van der Waals surface area (Å²) < 4.78 is 6.53. The van der Waals surface area contributed by atoms with E-state index >= 15 is 0 Å². The van der Waals surface area contributed by atoms with Crippen LogP contribution < -0.4 is 10.1 Å². The van der Waals surface area contributed by atoms with Gasteiger partial charge < -0.3 is 9.64 Å². The predicted octanol–water partition coefficient (Wildman–Crippen LogP) is 2.76. The molecule has 3 amide bonds. The van der Waals surface area contributed by atoms with Crippen LogP contribution in [0.3, 0.4) is 0 Å². The minimum absolute atomic E-state index is 0.0809. The molecule has 0 aromatic heterocycles. The van der Waals surface area contributed by atoms with Crippen LogP contribution in [0.4, 0.5) is 0 Å². The maximum absolute atomic E-state index is 13.0. The average molecular weight is 477 g/mol. The summed E-state index contributed by atoms with van der Waals surface area (Å²) in [6, 6.07) is 8.01. The molecule has 0 radical (unpaired) electrons. The number of imide groups is 1. The van der Waals surface area contributed by atoms with Gasteiger partial charge in [-0.2, -0.15) is 5.26 Å². The van der Waals surface area contributed by atoms with Crippen molar-refractivity contribution in [1.29, 1.82) is 5.26 Å². The van der Waals surface area contributed by atoms with Crippen LogP contribution in [-0.2, 0) is 16.1 Å². The fourth-order valence-corrected chi connectivity index (χ4v) is 6.73. The Bertz CT molecular complexity index is 1100. The Labute approximate surface area is 205 Å². The molecule has 2 saturated heterocycles. The number of benzene rings is 1. The lowest BCUT2D eigenvalue weighted by atomic mass is 9.59. The lowest BCUT2D eigenvalue weighted by Crippen LogP contribution is -2.62. The lowest BCUT2D eigenvalue weighted by Gasteiger charge is -2.55. The van der Waals surface area contributed by atoms with Gasteiger partial charge in [0.25, 0.3) is 5.91 Å². The van der Waals surface area contributed by atoms with Gasteiger partial charge in [-0.1, -0.05) is 12.8 Å². The zero-order chi connectivity index (χ0) is 24.2. The summed E-state index contributed by atoms with van der Waals surface area (Å²) in [5.74, 6) is 0.427. The molecule has 3 aliphatic heterocycles. The van der Waals surface area contributed by atoms with E-state index in [1.54, 1.807) is 4.90 Å². The highest BCUT2D eigenvalue weighted by atomic mass is 16.5. The fourth-order valence-electron chi connectivity index (χ4n) is 6.73. The average Bonchev–Trinajstić information content (AvgIpc) is 3.11. The third kappa shape index (κ3) is 3.81. The van der Waals surface area contributed by atoms with Crippen molar-refractivity contribution in [2.75, 3.05) is 13.1 Å². The van der Waals surface area contributed by atoms with E-state index in [9.17, 15) is 19.6 Å². The van der Waals surface area contributed by atoms with Gasteiger partial charge in [-0.3, -0.25) is 24.6 Å². The highest BCUT2D eigenvalue weighted by Crippen LogP contribution is 2.50.